The second-order valence-corrected chi connectivity index (χ2v) is 2.91. The van der Waals surface area contributed by atoms with Crippen LogP contribution in [-0.2, 0) is 0 Å². The normalized spacial score (nSPS) is 34.5. The zero-order chi connectivity index (χ0) is 10.3. The highest BCUT2D eigenvalue weighted by atomic mass is 19.4. The summed E-state index contributed by atoms with van der Waals surface area (Å²) in [6, 6.07) is 0. The molecular formula is C6H9F3N4. The van der Waals surface area contributed by atoms with E-state index in [0.29, 0.717) is 6.21 Å². The summed E-state index contributed by atoms with van der Waals surface area (Å²) in [5.74, 6) is -0.553. The number of rotatable bonds is 0. The Hall–Kier alpha value is -1.11. The Morgan fingerprint density at radius 2 is 2.08 bits per heavy atom. The molecule has 2 atom stereocenters. The van der Waals surface area contributed by atoms with Crippen LogP contribution < -0.4 is 11.5 Å². The molecule has 0 spiro atoms. The average Bonchev–Trinajstić information content (AvgIpc) is 1.95. The van der Waals surface area contributed by atoms with Crippen molar-refractivity contribution in [2.45, 2.75) is 19.4 Å². The second-order valence-electron chi connectivity index (χ2n) is 2.91. The van der Waals surface area contributed by atoms with Gasteiger partial charge in [-0.1, -0.05) is 0 Å². The van der Waals surface area contributed by atoms with Gasteiger partial charge in [-0.25, -0.2) is 4.99 Å². The van der Waals surface area contributed by atoms with Crippen molar-refractivity contribution in [1.29, 1.82) is 0 Å². The third-order valence-corrected chi connectivity index (χ3v) is 1.88. The van der Waals surface area contributed by atoms with Crippen molar-refractivity contribution < 1.29 is 13.2 Å². The van der Waals surface area contributed by atoms with Crippen LogP contribution >= 0.6 is 0 Å². The van der Waals surface area contributed by atoms with Gasteiger partial charge in [-0.15, -0.1) is 0 Å². The quantitative estimate of drug-likeness (QED) is 0.579. The molecule has 1 rings (SSSR count). The van der Waals surface area contributed by atoms with E-state index in [2.05, 4.69) is 9.98 Å². The van der Waals surface area contributed by atoms with Gasteiger partial charge in [-0.05, 0) is 6.92 Å². The molecule has 1 heterocycles. The molecule has 0 bridgehead atoms. The molecule has 0 saturated heterocycles. The minimum atomic E-state index is -4.50. The van der Waals surface area contributed by atoms with Crippen molar-refractivity contribution in [2.24, 2.45) is 26.9 Å². The summed E-state index contributed by atoms with van der Waals surface area (Å²) in [5, 5.41) is 0. The Kier molecular flexibility index (Phi) is 2.07. The maximum absolute atomic E-state index is 12.4. The molecule has 4 nitrogen and oxygen atoms in total. The summed E-state index contributed by atoms with van der Waals surface area (Å²) in [4.78, 5) is 6.72. The third-order valence-electron chi connectivity index (χ3n) is 1.88. The first-order chi connectivity index (χ1) is 5.77. The molecule has 0 amide bonds. The summed E-state index contributed by atoms with van der Waals surface area (Å²) in [6.45, 7) is 0.904. The lowest BCUT2D eigenvalue weighted by Gasteiger charge is -2.30. The van der Waals surface area contributed by atoms with Gasteiger partial charge in [-0.3, -0.25) is 10.7 Å². The van der Waals surface area contributed by atoms with Crippen LogP contribution in [0.2, 0.25) is 0 Å². The zero-order valence-corrected chi connectivity index (χ0v) is 6.84. The molecule has 7 heteroatoms. The largest absolute Gasteiger partial charge is 0.406 e. The number of hydrogen-bond acceptors (Lipinski definition) is 4. The van der Waals surface area contributed by atoms with Crippen LogP contribution in [0.5, 0.6) is 0 Å². The maximum atomic E-state index is 12.4. The van der Waals surface area contributed by atoms with Gasteiger partial charge < -0.3 is 5.73 Å². The minimum Gasteiger partial charge on any atom is -0.386 e. The van der Waals surface area contributed by atoms with E-state index in [-0.39, 0.29) is 0 Å². The molecule has 74 valence electrons. The highest BCUT2D eigenvalue weighted by Crippen LogP contribution is 2.37. The Morgan fingerprint density at radius 1 is 1.54 bits per heavy atom. The van der Waals surface area contributed by atoms with E-state index in [0.717, 1.165) is 6.92 Å². The van der Waals surface area contributed by atoms with Gasteiger partial charge in [0.25, 0.3) is 0 Å². The molecular weight excluding hydrogens is 185 g/mol. The third kappa shape index (κ3) is 1.51. The van der Waals surface area contributed by atoms with E-state index < -0.39 is 23.7 Å². The first kappa shape index (κ1) is 9.97. The zero-order valence-electron chi connectivity index (χ0n) is 6.84. The van der Waals surface area contributed by atoms with E-state index in [1.165, 1.54) is 0 Å². The minimum absolute atomic E-state index is 0.553. The molecule has 0 fully saturated rings. The molecule has 0 aliphatic carbocycles. The van der Waals surface area contributed by atoms with Crippen LogP contribution in [0.3, 0.4) is 0 Å². The van der Waals surface area contributed by atoms with Crippen molar-refractivity contribution in [1.82, 2.24) is 0 Å². The number of aliphatic imine (C=N–C) groups is 2. The van der Waals surface area contributed by atoms with E-state index in [1.807, 2.05) is 0 Å². The summed E-state index contributed by atoms with van der Waals surface area (Å²) in [5.41, 5.74) is 8.02. The Morgan fingerprint density at radius 3 is 2.46 bits per heavy atom. The first-order valence-electron chi connectivity index (χ1n) is 3.48. The van der Waals surface area contributed by atoms with Crippen LogP contribution in [0.4, 0.5) is 13.2 Å². The van der Waals surface area contributed by atoms with Crippen LogP contribution in [0, 0.1) is 5.41 Å². The summed E-state index contributed by atoms with van der Waals surface area (Å²) >= 11 is 0. The summed E-state index contributed by atoms with van der Waals surface area (Å²) in [6.07, 6.45) is -4.82. The molecule has 0 saturated carbocycles. The molecule has 0 radical (unpaired) electrons. The highest BCUT2D eigenvalue weighted by molar-refractivity contribution is 6.02. The number of amidine groups is 1. The van der Waals surface area contributed by atoms with Gasteiger partial charge in [-0.2, -0.15) is 13.2 Å². The van der Waals surface area contributed by atoms with Crippen LogP contribution in [0.1, 0.15) is 6.92 Å². The van der Waals surface area contributed by atoms with Crippen molar-refractivity contribution in [2.75, 3.05) is 0 Å². The number of hydrogen-bond donors (Lipinski definition) is 2. The smallest absolute Gasteiger partial charge is 0.386 e. The van der Waals surface area contributed by atoms with Crippen LogP contribution in [0.25, 0.3) is 0 Å². The lowest BCUT2D eigenvalue weighted by Crippen LogP contribution is -2.51. The SMILES string of the molecule is CC1(C(F)(F)F)C=NC(N)N=C1N. The van der Waals surface area contributed by atoms with E-state index in [1.54, 1.807) is 0 Å². The monoisotopic (exact) mass is 194 g/mol. The van der Waals surface area contributed by atoms with Gasteiger partial charge in [0.05, 0.1) is 0 Å². The molecule has 0 aromatic carbocycles. The predicted molar refractivity (Wildman–Crippen MR) is 42.3 cm³/mol. The molecule has 0 aromatic rings. The molecule has 1 aliphatic heterocycles. The highest BCUT2D eigenvalue weighted by Gasteiger charge is 2.54. The standard InChI is InChI=1S/C6H9F3N4/c1-5(6(7,8)9)2-12-4(11)13-3(5)10/h2,4H,11H2,1H3,(H2,10,13). The fourth-order valence-electron chi connectivity index (χ4n) is 0.820. The Bertz CT molecular complexity index is 270. The lowest BCUT2D eigenvalue weighted by molar-refractivity contribution is -0.169. The van der Waals surface area contributed by atoms with Crippen LogP contribution in [-0.4, -0.2) is 24.5 Å². The van der Waals surface area contributed by atoms with Crippen molar-refractivity contribution in [3.05, 3.63) is 0 Å². The second kappa shape index (κ2) is 2.69. The van der Waals surface area contributed by atoms with Gasteiger partial charge in [0.15, 0.2) is 11.7 Å². The van der Waals surface area contributed by atoms with Crippen molar-refractivity contribution in [3.63, 3.8) is 0 Å². The van der Waals surface area contributed by atoms with Gasteiger partial charge >= 0.3 is 6.18 Å². The predicted octanol–water partition coefficient (Wildman–Crippen LogP) is 0.239. The number of nitrogens with zero attached hydrogens (tertiary/aromatic N) is 2. The number of nitrogens with two attached hydrogens (primary N) is 2. The van der Waals surface area contributed by atoms with E-state index in [9.17, 15) is 13.2 Å². The summed E-state index contributed by atoms with van der Waals surface area (Å²) < 4.78 is 37.2. The van der Waals surface area contributed by atoms with Gasteiger partial charge in [0.2, 0.25) is 0 Å². The van der Waals surface area contributed by atoms with Gasteiger partial charge in [0.1, 0.15) is 5.84 Å². The summed E-state index contributed by atoms with van der Waals surface area (Å²) in [7, 11) is 0. The maximum Gasteiger partial charge on any atom is 0.406 e. The van der Waals surface area contributed by atoms with Crippen molar-refractivity contribution >= 4 is 12.1 Å². The topological polar surface area (TPSA) is 76.8 Å². The van der Waals surface area contributed by atoms with E-state index in [4.69, 9.17) is 11.5 Å². The Balaban J connectivity index is 3.07. The number of halogens is 3. The van der Waals surface area contributed by atoms with E-state index >= 15 is 0 Å². The molecule has 2 unspecified atom stereocenters. The fraction of sp³-hybridized carbons (Fsp3) is 0.667. The lowest BCUT2D eigenvalue weighted by atomic mass is 9.89. The molecule has 0 aromatic heterocycles. The van der Waals surface area contributed by atoms with Crippen molar-refractivity contribution in [3.8, 4) is 0 Å². The van der Waals surface area contributed by atoms with Crippen LogP contribution in [0.15, 0.2) is 9.98 Å². The first-order valence-corrected chi connectivity index (χ1v) is 3.48. The fourth-order valence-corrected chi connectivity index (χ4v) is 0.820. The molecule has 4 N–H and O–H groups in total. The Labute approximate surface area is 72.5 Å². The number of alkyl halides is 3. The molecule has 13 heavy (non-hydrogen) atoms. The molecule has 1 aliphatic rings. The van der Waals surface area contributed by atoms with Gasteiger partial charge in [0, 0.05) is 6.21 Å². The average molecular weight is 194 g/mol.